The van der Waals surface area contributed by atoms with E-state index >= 15 is 0 Å². The van der Waals surface area contributed by atoms with Gasteiger partial charge in [0.05, 0.1) is 0 Å². The first-order valence-corrected chi connectivity index (χ1v) is 5.62. The fourth-order valence-electron chi connectivity index (χ4n) is 1.92. The smallest absolute Gasteiger partial charge is 0.168 e. The molecule has 18 heavy (non-hydrogen) atoms. The van der Waals surface area contributed by atoms with Crippen LogP contribution in [0.2, 0.25) is 0 Å². The summed E-state index contributed by atoms with van der Waals surface area (Å²) in [6.45, 7) is 0. The van der Waals surface area contributed by atoms with Crippen LogP contribution < -0.4 is 0 Å². The lowest BCUT2D eigenvalue weighted by Crippen LogP contribution is -2.20. The Morgan fingerprint density at radius 3 is 1.89 bits per heavy atom. The number of phenolic OH excluding ortho intramolecular Hbond substituents is 1. The van der Waals surface area contributed by atoms with Crippen molar-refractivity contribution in [3.05, 3.63) is 66.7 Å². The molecule has 1 aromatic carbocycles. The molecule has 0 fully saturated rings. The molecule has 2 aromatic heterocycles. The van der Waals surface area contributed by atoms with Crippen molar-refractivity contribution in [2.24, 2.45) is 0 Å². The molecule has 0 aliphatic rings. The minimum atomic E-state index is -0.143. The van der Waals surface area contributed by atoms with Crippen LogP contribution in [0.15, 0.2) is 61.2 Å². The first-order valence-electron chi connectivity index (χ1n) is 5.62. The first-order chi connectivity index (χ1) is 8.84. The Balaban J connectivity index is 2.08. The van der Waals surface area contributed by atoms with Gasteiger partial charge in [0.2, 0.25) is 0 Å². The standard InChI is InChI=1S/C13H12N4O/c18-12-5-3-11(4-6-12)13(16-9-1-7-14-16)17-10-2-8-15-17/h1-10,13,18H. The largest absolute Gasteiger partial charge is 0.508 e. The Bertz CT molecular complexity index is 565. The van der Waals surface area contributed by atoms with Crippen molar-refractivity contribution < 1.29 is 5.11 Å². The van der Waals surface area contributed by atoms with Gasteiger partial charge in [0.15, 0.2) is 6.17 Å². The van der Waals surface area contributed by atoms with E-state index in [0.717, 1.165) is 5.56 Å². The van der Waals surface area contributed by atoms with Crippen molar-refractivity contribution in [1.29, 1.82) is 0 Å². The van der Waals surface area contributed by atoms with Gasteiger partial charge in [-0.3, -0.25) is 0 Å². The zero-order valence-corrected chi connectivity index (χ0v) is 9.59. The molecule has 3 rings (SSSR count). The van der Waals surface area contributed by atoms with E-state index in [1.165, 1.54) is 0 Å². The molecule has 0 aliphatic heterocycles. The highest BCUT2D eigenvalue weighted by Crippen LogP contribution is 2.21. The molecule has 0 unspecified atom stereocenters. The van der Waals surface area contributed by atoms with E-state index in [0.29, 0.717) is 0 Å². The van der Waals surface area contributed by atoms with Crippen LogP contribution in [-0.4, -0.2) is 24.7 Å². The number of hydrogen-bond acceptors (Lipinski definition) is 3. The highest BCUT2D eigenvalue weighted by molar-refractivity contribution is 5.28. The highest BCUT2D eigenvalue weighted by atomic mass is 16.3. The quantitative estimate of drug-likeness (QED) is 0.760. The van der Waals surface area contributed by atoms with Gasteiger partial charge < -0.3 is 5.11 Å². The summed E-state index contributed by atoms with van der Waals surface area (Å²) in [5, 5.41) is 17.9. The number of nitrogens with zero attached hydrogens (tertiary/aromatic N) is 4. The van der Waals surface area contributed by atoms with Crippen LogP contribution in [0, 0.1) is 0 Å². The summed E-state index contributed by atoms with van der Waals surface area (Å²) in [5.41, 5.74) is 1.00. The van der Waals surface area contributed by atoms with Crippen molar-refractivity contribution >= 4 is 0 Å². The van der Waals surface area contributed by atoms with E-state index in [-0.39, 0.29) is 11.9 Å². The molecule has 5 nitrogen and oxygen atoms in total. The van der Waals surface area contributed by atoms with Crippen molar-refractivity contribution in [3.63, 3.8) is 0 Å². The molecule has 0 saturated heterocycles. The van der Waals surface area contributed by atoms with E-state index in [9.17, 15) is 5.11 Å². The van der Waals surface area contributed by atoms with Crippen LogP contribution >= 0.6 is 0 Å². The van der Waals surface area contributed by atoms with Gasteiger partial charge in [-0.05, 0) is 29.8 Å². The zero-order chi connectivity index (χ0) is 12.4. The fraction of sp³-hybridized carbons (Fsp3) is 0.0769. The van der Waals surface area contributed by atoms with E-state index in [2.05, 4.69) is 10.2 Å². The van der Waals surface area contributed by atoms with Crippen molar-refractivity contribution in [1.82, 2.24) is 19.6 Å². The number of hydrogen-bond donors (Lipinski definition) is 1. The number of phenols is 1. The predicted molar refractivity (Wildman–Crippen MR) is 66.1 cm³/mol. The Hall–Kier alpha value is -2.56. The summed E-state index contributed by atoms with van der Waals surface area (Å²) in [6, 6.07) is 10.8. The Morgan fingerprint density at radius 1 is 0.889 bits per heavy atom. The molecular formula is C13H12N4O. The van der Waals surface area contributed by atoms with Crippen LogP contribution in [0.1, 0.15) is 11.7 Å². The van der Waals surface area contributed by atoms with Gasteiger partial charge in [0.1, 0.15) is 5.75 Å². The maximum atomic E-state index is 9.35. The molecule has 1 N–H and O–H groups in total. The zero-order valence-electron chi connectivity index (χ0n) is 9.59. The monoisotopic (exact) mass is 240 g/mol. The second-order valence-electron chi connectivity index (χ2n) is 3.94. The van der Waals surface area contributed by atoms with Gasteiger partial charge >= 0.3 is 0 Å². The first kappa shape index (κ1) is 10.6. The molecule has 2 heterocycles. The summed E-state index contributed by atoms with van der Waals surface area (Å²) in [6.07, 6.45) is 7.10. The third-order valence-electron chi connectivity index (χ3n) is 2.74. The number of benzene rings is 1. The van der Waals surface area contributed by atoms with Crippen LogP contribution in [0.3, 0.4) is 0 Å². The predicted octanol–water partition coefficient (Wildman–Crippen LogP) is 1.88. The molecule has 5 heteroatoms. The van der Waals surface area contributed by atoms with Crippen molar-refractivity contribution in [2.45, 2.75) is 6.17 Å². The minimum absolute atomic E-state index is 0.143. The molecule has 0 bridgehead atoms. The van der Waals surface area contributed by atoms with Gasteiger partial charge in [-0.1, -0.05) is 12.1 Å². The normalized spacial score (nSPS) is 10.9. The molecule has 0 amide bonds. The lowest BCUT2D eigenvalue weighted by atomic mass is 10.1. The summed E-state index contributed by atoms with van der Waals surface area (Å²) in [4.78, 5) is 0. The van der Waals surface area contributed by atoms with E-state index in [1.807, 2.05) is 46.0 Å². The average molecular weight is 240 g/mol. The molecule has 0 atom stereocenters. The Labute approximate surface area is 104 Å². The topological polar surface area (TPSA) is 55.9 Å². The minimum Gasteiger partial charge on any atom is -0.508 e. The van der Waals surface area contributed by atoms with E-state index in [1.54, 1.807) is 24.5 Å². The van der Waals surface area contributed by atoms with Crippen LogP contribution in [0.4, 0.5) is 0 Å². The molecule has 0 aliphatic carbocycles. The fourth-order valence-corrected chi connectivity index (χ4v) is 1.92. The maximum Gasteiger partial charge on any atom is 0.168 e. The molecule has 3 aromatic rings. The SMILES string of the molecule is Oc1ccc(C(n2cccn2)n2cccn2)cc1. The molecular weight excluding hydrogens is 228 g/mol. The second kappa shape index (κ2) is 4.37. The van der Waals surface area contributed by atoms with Crippen LogP contribution in [0.25, 0.3) is 0 Å². The number of aromatic nitrogens is 4. The van der Waals surface area contributed by atoms with Gasteiger partial charge in [-0.25, -0.2) is 9.36 Å². The molecule has 0 spiro atoms. The van der Waals surface area contributed by atoms with E-state index in [4.69, 9.17) is 0 Å². The third-order valence-corrected chi connectivity index (χ3v) is 2.74. The van der Waals surface area contributed by atoms with Crippen LogP contribution in [-0.2, 0) is 0 Å². The Morgan fingerprint density at radius 2 is 1.44 bits per heavy atom. The summed E-state index contributed by atoms with van der Waals surface area (Å²) < 4.78 is 3.64. The van der Waals surface area contributed by atoms with Gasteiger partial charge in [-0.15, -0.1) is 0 Å². The summed E-state index contributed by atoms with van der Waals surface area (Å²) >= 11 is 0. The molecule has 0 saturated carbocycles. The second-order valence-corrected chi connectivity index (χ2v) is 3.94. The lowest BCUT2D eigenvalue weighted by molar-refractivity contribution is 0.417. The highest BCUT2D eigenvalue weighted by Gasteiger charge is 2.15. The van der Waals surface area contributed by atoms with E-state index < -0.39 is 0 Å². The van der Waals surface area contributed by atoms with Gasteiger partial charge in [0.25, 0.3) is 0 Å². The molecule has 90 valence electrons. The third kappa shape index (κ3) is 1.86. The Kier molecular flexibility index (Phi) is 2.57. The van der Waals surface area contributed by atoms with Gasteiger partial charge in [0, 0.05) is 24.8 Å². The lowest BCUT2D eigenvalue weighted by Gasteiger charge is -2.18. The number of aromatic hydroxyl groups is 1. The number of rotatable bonds is 3. The van der Waals surface area contributed by atoms with Gasteiger partial charge in [-0.2, -0.15) is 10.2 Å². The maximum absolute atomic E-state index is 9.35. The summed E-state index contributed by atoms with van der Waals surface area (Å²) in [5.74, 6) is 0.249. The van der Waals surface area contributed by atoms with Crippen molar-refractivity contribution in [2.75, 3.05) is 0 Å². The summed E-state index contributed by atoms with van der Waals surface area (Å²) in [7, 11) is 0. The van der Waals surface area contributed by atoms with Crippen molar-refractivity contribution in [3.8, 4) is 5.75 Å². The average Bonchev–Trinajstić information content (AvgIpc) is 3.06. The molecule has 0 radical (unpaired) electrons. The van der Waals surface area contributed by atoms with Crippen LogP contribution in [0.5, 0.6) is 5.75 Å².